The molecule has 1 saturated heterocycles. The highest BCUT2D eigenvalue weighted by atomic mass is 35.5. The zero-order chi connectivity index (χ0) is 11.5. The van der Waals surface area contributed by atoms with E-state index in [-0.39, 0.29) is 11.9 Å². The van der Waals surface area contributed by atoms with Crippen LogP contribution in [0.2, 0.25) is 10.0 Å². The van der Waals surface area contributed by atoms with E-state index >= 15 is 0 Å². The standard InChI is InChI=1S/C11H12Cl2N2O/c12-8-3-7(4-9(13)6-8)5-10-11(16)15-2-1-14-10/h3-4,6,10,14H,1-2,5H2,(H,15,16)/t10-/m0/s1. The van der Waals surface area contributed by atoms with Gasteiger partial charge in [-0.1, -0.05) is 23.2 Å². The second-order valence-corrected chi connectivity index (χ2v) is 4.65. The van der Waals surface area contributed by atoms with Crippen LogP contribution in [-0.4, -0.2) is 25.0 Å². The molecule has 1 fully saturated rings. The maximum Gasteiger partial charge on any atom is 0.237 e. The minimum atomic E-state index is -0.191. The second kappa shape index (κ2) is 5.04. The number of piperazine rings is 1. The van der Waals surface area contributed by atoms with Gasteiger partial charge in [0, 0.05) is 23.1 Å². The molecule has 1 aromatic carbocycles. The average molecular weight is 259 g/mol. The third-order valence-corrected chi connectivity index (χ3v) is 2.93. The predicted molar refractivity (Wildman–Crippen MR) is 65.0 cm³/mol. The first-order chi connectivity index (χ1) is 7.65. The number of hydrogen-bond acceptors (Lipinski definition) is 2. The summed E-state index contributed by atoms with van der Waals surface area (Å²) in [6, 6.07) is 5.15. The predicted octanol–water partition coefficient (Wildman–Crippen LogP) is 1.62. The van der Waals surface area contributed by atoms with Crippen molar-refractivity contribution in [3.8, 4) is 0 Å². The Balaban J connectivity index is 2.10. The third kappa shape index (κ3) is 2.88. The molecule has 86 valence electrons. The topological polar surface area (TPSA) is 41.1 Å². The van der Waals surface area contributed by atoms with Crippen molar-refractivity contribution in [3.63, 3.8) is 0 Å². The van der Waals surface area contributed by atoms with Crippen molar-refractivity contribution in [2.24, 2.45) is 0 Å². The van der Waals surface area contributed by atoms with E-state index in [2.05, 4.69) is 10.6 Å². The lowest BCUT2D eigenvalue weighted by atomic mass is 10.0. The van der Waals surface area contributed by atoms with E-state index in [1.165, 1.54) is 0 Å². The van der Waals surface area contributed by atoms with Gasteiger partial charge in [0.05, 0.1) is 6.04 Å². The molecule has 1 amide bonds. The minimum Gasteiger partial charge on any atom is -0.353 e. The fourth-order valence-corrected chi connectivity index (χ4v) is 2.35. The summed E-state index contributed by atoms with van der Waals surface area (Å²) in [6.45, 7) is 1.48. The lowest BCUT2D eigenvalue weighted by Gasteiger charge is -2.23. The summed E-state index contributed by atoms with van der Waals surface area (Å²) in [7, 11) is 0. The average Bonchev–Trinajstić information content (AvgIpc) is 2.20. The number of amides is 1. The van der Waals surface area contributed by atoms with Crippen molar-refractivity contribution >= 4 is 29.1 Å². The molecule has 1 atom stereocenters. The van der Waals surface area contributed by atoms with Gasteiger partial charge in [0.15, 0.2) is 0 Å². The Morgan fingerprint density at radius 1 is 1.19 bits per heavy atom. The lowest BCUT2D eigenvalue weighted by molar-refractivity contribution is -0.124. The molecule has 1 aromatic rings. The summed E-state index contributed by atoms with van der Waals surface area (Å²) in [5.41, 5.74) is 0.965. The first-order valence-corrected chi connectivity index (χ1v) is 5.87. The highest BCUT2D eigenvalue weighted by Gasteiger charge is 2.21. The fraction of sp³-hybridized carbons (Fsp3) is 0.364. The van der Waals surface area contributed by atoms with Gasteiger partial charge in [0.25, 0.3) is 0 Å². The van der Waals surface area contributed by atoms with Crippen LogP contribution in [0.5, 0.6) is 0 Å². The van der Waals surface area contributed by atoms with Gasteiger partial charge in [-0.15, -0.1) is 0 Å². The highest BCUT2D eigenvalue weighted by molar-refractivity contribution is 6.34. The van der Waals surface area contributed by atoms with E-state index in [9.17, 15) is 4.79 Å². The van der Waals surface area contributed by atoms with Crippen molar-refractivity contribution in [3.05, 3.63) is 33.8 Å². The smallest absolute Gasteiger partial charge is 0.237 e. The summed E-state index contributed by atoms with van der Waals surface area (Å²) < 4.78 is 0. The number of rotatable bonds is 2. The fourth-order valence-electron chi connectivity index (χ4n) is 1.78. The van der Waals surface area contributed by atoms with Crippen LogP contribution in [0.4, 0.5) is 0 Å². The largest absolute Gasteiger partial charge is 0.353 e. The quantitative estimate of drug-likeness (QED) is 0.847. The van der Waals surface area contributed by atoms with Crippen LogP contribution in [0.3, 0.4) is 0 Å². The molecular formula is C11H12Cl2N2O. The molecule has 16 heavy (non-hydrogen) atoms. The molecular weight excluding hydrogens is 247 g/mol. The van der Waals surface area contributed by atoms with Crippen LogP contribution in [0.25, 0.3) is 0 Å². The van der Waals surface area contributed by atoms with Gasteiger partial charge in [0.2, 0.25) is 5.91 Å². The van der Waals surface area contributed by atoms with E-state index in [4.69, 9.17) is 23.2 Å². The molecule has 0 unspecified atom stereocenters. The molecule has 0 radical (unpaired) electrons. The number of halogens is 2. The molecule has 2 N–H and O–H groups in total. The SMILES string of the molecule is O=C1NCCN[C@H]1Cc1cc(Cl)cc(Cl)c1. The van der Waals surface area contributed by atoms with Crippen LogP contribution >= 0.6 is 23.2 Å². The van der Waals surface area contributed by atoms with E-state index in [1.807, 2.05) is 12.1 Å². The molecule has 5 heteroatoms. The van der Waals surface area contributed by atoms with Crippen LogP contribution < -0.4 is 10.6 Å². The molecule has 0 saturated carbocycles. The van der Waals surface area contributed by atoms with Crippen molar-refractivity contribution in [2.45, 2.75) is 12.5 Å². The van der Waals surface area contributed by atoms with E-state index in [0.717, 1.165) is 12.1 Å². The van der Waals surface area contributed by atoms with Crippen LogP contribution in [0.15, 0.2) is 18.2 Å². The number of carbonyl (C=O) groups is 1. The number of carbonyl (C=O) groups excluding carboxylic acids is 1. The van der Waals surface area contributed by atoms with Gasteiger partial charge in [-0.25, -0.2) is 0 Å². The zero-order valence-electron chi connectivity index (χ0n) is 8.59. The Morgan fingerprint density at radius 3 is 2.50 bits per heavy atom. The maximum absolute atomic E-state index is 11.5. The van der Waals surface area contributed by atoms with Crippen LogP contribution in [0.1, 0.15) is 5.56 Å². The summed E-state index contributed by atoms with van der Waals surface area (Å²) in [5.74, 6) is 0.0300. The number of benzene rings is 1. The van der Waals surface area contributed by atoms with Gasteiger partial charge in [-0.3, -0.25) is 4.79 Å². The molecule has 0 spiro atoms. The van der Waals surface area contributed by atoms with Gasteiger partial charge >= 0.3 is 0 Å². The molecule has 1 aliphatic rings. The Hall–Kier alpha value is -0.770. The summed E-state index contributed by atoms with van der Waals surface area (Å²) in [5, 5.41) is 7.16. The van der Waals surface area contributed by atoms with Gasteiger partial charge in [-0.2, -0.15) is 0 Å². The van der Waals surface area contributed by atoms with Crippen molar-refractivity contribution in [2.75, 3.05) is 13.1 Å². The Morgan fingerprint density at radius 2 is 1.88 bits per heavy atom. The first kappa shape index (κ1) is 11.7. The summed E-state index contributed by atoms with van der Waals surface area (Å²) in [6.07, 6.45) is 0.603. The van der Waals surface area contributed by atoms with Crippen LogP contribution in [0, 0.1) is 0 Å². The molecule has 2 rings (SSSR count). The van der Waals surface area contributed by atoms with Gasteiger partial charge in [-0.05, 0) is 30.2 Å². The second-order valence-electron chi connectivity index (χ2n) is 3.78. The maximum atomic E-state index is 11.5. The molecule has 1 aliphatic heterocycles. The van der Waals surface area contributed by atoms with Gasteiger partial charge < -0.3 is 10.6 Å². The normalized spacial score (nSPS) is 20.6. The lowest BCUT2D eigenvalue weighted by Crippen LogP contribution is -2.53. The Bertz CT molecular complexity index is 389. The van der Waals surface area contributed by atoms with Crippen LogP contribution in [-0.2, 0) is 11.2 Å². The van der Waals surface area contributed by atoms with E-state index in [0.29, 0.717) is 23.0 Å². The molecule has 0 bridgehead atoms. The van der Waals surface area contributed by atoms with Gasteiger partial charge in [0.1, 0.15) is 0 Å². The van der Waals surface area contributed by atoms with Crippen molar-refractivity contribution in [1.29, 1.82) is 0 Å². The van der Waals surface area contributed by atoms with E-state index < -0.39 is 0 Å². The monoisotopic (exact) mass is 258 g/mol. The zero-order valence-corrected chi connectivity index (χ0v) is 10.1. The summed E-state index contributed by atoms with van der Waals surface area (Å²) in [4.78, 5) is 11.5. The number of nitrogens with one attached hydrogen (secondary N) is 2. The molecule has 0 aliphatic carbocycles. The Kier molecular flexibility index (Phi) is 3.69. The minimum absolute atomic E-state index is 0.0300. The third-order valence-electron chi connectivity index (χ3n) is 2.49. The highest BCUT2D eigenvalue weighted by Crippen LogP contribution is 2.20. The van der Waals surface area contributed by atoms with Crippen molar-refractivity contribution in [1.82, 2.24) is 10.6 Å². The van der Waals surface area contributed by atoms with E-state index in [1.54, 1.807) is 6.07 Å². The number of hydrogen-bond donors (Lipinski definition) is 2. The molecule has 3 nitrogen and oxygen atoms in total. The molecule has 0 aromatic heterocycles. The first-order valence-electron chi connectivity index (χ1n) is 5.11. The van der Waals surface area contributed by atoms with Crippen molar-refractivity contribution < 1.29 is 4.79 Å². The summed E-state index contributed by atoms with van der Waals surface area (Å²) >= 11 is 11.8. The molecule has 1 heterocycles. The Labute approximate surface area is 104 Å².